The van der Waals surface area contributed by atoms with Crippen molar-refractivity contribution in [3.63, 3.8) is 0 Å². The second-order valence-corrected chi connectivity index (χ2v) is 10.9. The van der Waals surface area contributed by atoms with Gasteiger partial charge in [-0.05, 0) is 48.7 Å². The normalized spacial score (nSPS) is 19.4. The highest BCUT2D eigenvalue weighted by Crippen LogP contribution is 2.32. The zero-order valence-electron chi connectivity index (χ0n) is 23.1. The second kappa shape index (κ2) is 11.2. The first kappa shape index (κ1) is 26.7. The van der Waals surface area contributed by atoms with Crippen molar-refractivity contribution in [1.82, 2.24) is 15.1 Å². The minimum absolute atomic E-state index is 0.0918. The van der Waals surface area contributed by atoms with Crippen LogP contribution in [0.25, 0.3) is 0 Å². The van der Waals surface area contributed by atoms with Crippen molar-refractivity contribution >= 4 is 35.0 Å². The Balaban J connectivity index is 1.05. The number of aryl methyl sites for hydroxylation is 1. The van der Waals surface area contributed by atoms with Crippen molar-refractivity contribution < 1.29 is 19.2 Å². The summed E-state index contributed by atoms with van der Waals surface area (Å²) in [4.78, 5) is 56.2. The minimum Gasteiger partial charge on any atom is -0.380 e. The number of amides is 4. The van der Waals surface area contributed by atoms with E-state index in [2.05, 4.69) is 75.9 Å². The number of anilines is 2. The average Bonchev–Trinajstić information content (AvgIpc) is 3.23. The zero-order valence-corrected chi connectivity index (χ0v) is 23.1. The lowest BCUT2D eigenvalue weighted by Crippen LogP contribution is -2.54. The number of carbonyl (C=O) groups excluding carboxylic acids is 4. The molecule has 3 heterocycles. The molecule has 0 spiro atoms. The summed E-state index contributed by atoms with van der Waals surface area (Å²) in [5.74, 6) is -2.02. The van der Waals surface area contributed by atoms with Gasteiger partial charge in [0.15, 0.2) is 0 Å². The summed E-state index contributed by atoms with van der Waals surface area (Å²) >= 11 is 0. The van der Waals surface area contributed by atoms with Gasteiger partial charge in [0, 0.05) is 57.1 Å². The Hall–Kier alpha value is -4.50. The molecule has 3 aliphatic rings. The van der Waals surface area contributed by atoms with E-state index in [0.717, 1.165) is 43.2 Å². The molecule has 0 aliphatic carbocycles. The third-order valence-electron chi connectivity index (χ3n) is 8.15. The first-order chi connectivity index (χ1) is 19.9. The van der Waals surface area contributed by atoms with Gasteiger partial charge in [-0.3, -0.25) is 34.3 Å². The highest BCUT2D eigenvalue weighted by atomic mass is 16.2. The summed E-state index contributed by atoms with van der Waals surface area (Å²) in [5.41, 5.74) is 5.94. The number of benzene rings is 3. The van der Waals surface area contributed by atoms with Crippen LogP contribution in [0.2, 0.25) is 0 Å². The van der Waals surface area contributed by atoms with Crippen molar-refractivity contribution in [2.45, 2.75) is 38.9 Å². The average molecular weight is 552 g/mol. The molecule has 0 saturated carbocycles. The van der Waals surface area contributed by atoms with E-state index >= 15 is 0 Å². The minimum atomic E-state index is -0.980. The smallest absolute Gasteiger partial charge is 0.264 e. The Morgan fingerprint density at radius 2 is 1.54 bits per heavy atom. The molecule has 2 fully saturated rings. The summed E-state index contributed by atoms with van der Waals surface area (Å²) < 4.78 is 0. The van der Waals surface area contributed by atoms with E-state index in [-0.39, 0.29) is 24.0 Å². The molecule has 0 aromatic heterocycles. The topological polar surface area (TPSA) is 102 Å². The predicted molar refractivity (Wildman–Crippen MR) is 156 cm³/mol. The van der Waals surface area contributed by atoms with E-state index in [1.165, 1.54) is 16.8 Å². The maximum Gasteiger partial charge on any atom is 0.264 e. The van der Waals surface area contributed by atoms with E-state index in [0.29, 0.717) is 12.2 Å². The summed E-state index contributed by atoms with van der Waals surface area (Å²) in [5, 5.41) is 5.54. The van der Waals surface area contributed by atoms with Gasteiger partial charge in [0.05, 0.1) is 11.1 Å². The van der Waals surface area contributed by atoms with E-state index in [1.807, 2.05) is 0 Å². The SMILES string of the molecule is Cc1ccc(N2CCN(Cc3ccc(CNc4cccc5c4C(=O)N(C4CCC(=O)NC4=O)C5=O)cc3)CC2)cc1. The lowest BCUT2D eigenvalue weighted by Gasteiger charge is -2.36. The van der Waals surface area contributed by atoms with Crippen LogP contribution in [0, 0.1) is 6.92 Å². The van der Waals surface area contributed by atoms with E-state index in [1.54, 1.807) is 18.2 Å². The van der Waals surface area contributed by atoms with Gasteiger partial charge in [0.25, 0.3) is 11.8 Å². The summed E-state index contributed by atoms with van der Waals surface area (Å²) in [6, 6.07) is 21.3. The van der Waals surface area contributed by atoms with Crippen molar-refractivity contribution in [1.29, 1.82) is 0 Å². The molecule has 4 amide bonds. The van der Waals surface area contributed by atoms with Crippen molar-refractivity contribution in [3.8, 4) is 0 Å². The molecule has 0 radical (unpaired) electrons. The molecule has 210 valence electrons. The number of hydrogen-bond donors (Lipinski definition) is 2. The van der Waals surface area contributed by atoms with Crippen LogP contribution in [0.15, 0.2) is 66.7 Å². The van der Waals surface area contributed by atoms with Gasteiger partial charge in [0.1, 0.15) is 6.04 Å². The number of nitrogens with one attached hydrogen (secondary N) is 2. The van der Waals surface area contributed by atoms with Crippen LogP contribution in [0.3, 0.4) is 0 Å². The number of imide groups is 2. The van der Waals surface area contributed by atoms with Crippen molar-refractivity contribution in [2.75, 3.05) is 36.4 Å². The highest BCUT2D eigenvalue weighted by molar-refractivity contribution is 6.25. The molecule has 2 saturated heterocycles. The number of nitrogens with zero attached hydrogens (tertiary/aromatic N) is 3. The van der Waals surface area contributed by atoms with Gasteiger partial charge < -0.3 is 10.2 Å². The molecular formula is C32H33N5O4. The standard InChI is InChI=1S/C32H33N5O4/c1-21-5-11-24(12-6-21)36-17-15-35(16-18-36)20-23-9-7-22(8-10-23)19-33-26-4-2-3-25-29(26)32(41)37(31(25)40)27-13-14-28(38)34-30(27)39/h2-12,27,33H,13-20H2,1H3,(H,34,38,39). The fourth-order valence-corrected chi connectivity index (χ4v) is 5.80. The summed E-state index contributed by atoms with van der Waals surface area (Å²) in [6.45, 7) is 7.53. The van der Waals surface area contributed by atoms with Crippen molar-refractivity contribution in [3.05, 3.63) is 94.5 Å². The third kappa shape index (κ3) is 5.45. The maximum absolute atomic E-state index is 13.3. The molecule has 9 heteroatoms. The van der Waals surface area contributed by atoms with Gasteiger partial charge in [0.2, 0.25) is 11.8 Å². The number of piperidine rings is 1. The first-order valence-corrected chi connectivity index (χ1v) is 14.1. The highest BCUT2D eigenvalue weighted by Gasteiger charge is 2.45. The lowest BCUT2D eigenvalue weighted by molar-refractivity contribution is -0.136. The van der Waals surface area contributed by atoms with Gasteiger partial charge in [-0.15, -0.1) is 0 Å². The first-order valence-electron chi connectivity index (χ1n) is 14.1. The van der Waals surface area contributed by atoms with Gasteiger partial charge in [-0.25, -0.2) is 0 Å². The zero-order chi connectivity index (χ0) is 28.5. The van der Waals surface area contributed by atoms with E-state index < -0.39 is 29.7 Å². The van der Waals surface area contributed by atoms with Gasteiger partial charge >= 0.3 is 0 Å². The van der Waals surface area contributed by atoms with Crippen LogP contribution in [0.5, 0.6) is 0 Å². The molecule has 3 aromatic carbocycles. The Morgan fingerprint density at radius 1 is 0.829 bits per heavy atom. The molecule has 3 aromatic rings. The fraction of sp³-hybridized carbons (Fsp3) is 0.312. The lowest BCUT2D eigenvalue weighted by atomic mass is 10.0. The Kier molecular flexibility index (Phi) is 7.28. The molecule has 1 atom stereocenters. The molecule has 2 N–H and O–H groups in total. The molecule has 9 nitrogen and oxygen atoms in total. The van der Waals surface area contributed by atoms with Crippen LogP contribution in [-0.4, -0.2) is 65.6 Å². The molecule has 6 rings (SSSR count). The van der Waals surface area contributed by atoms with Crippen molar-refractivity contribution in [2.24, 2.45) is 0 Å². The molecule has 41 heavy (non-hydrogen) atoms. The van der Waals surface area contributed by atoms with Gasteiger partial charge in [-0.1, -0.05) is 48.0 Å². The molecule has 1 unspecified atom stereocenters. The number of rotatable bonds is 7. The van der Waals surface area contributed by atoms with E-state index in [4.69, 9.17) is 0 Å². The second-order valence-electron chi connectivity index (χ2n) is 10.9. The maximum atomic E-state index is 13.3. The largest absolute Gasteiger partial charge is 0.380 e. The summed E-state index contributed by atoms with van der Waals surface area (Å²) in [7, 11) is 0. The molecular weight excluding hydrogens is 518 g/mol. The van der Waals surface area contributed by atoms with Gasteiger partial charge in [-0.2, -0.15) is 0 Å². The quantitative estimate of drug-likeness (QED) is 0.435. The third-order valence-corrected chi connectivity index (χ3v) is 8.15. The van der Waals surface area contributed by atoms with E-state index in [9.17, 15) is 19.2 Å². The number of fused-ring (bicyclic) bond motifs is 1. The van der Waals surface area contributed by atoms with Crippen LogP contribution in [0.4, 0.5) is 11.4 Å². The number of piperazine rings is 1. The van der Waals surface area contributed by atoms with Crippen LogP contribution in [-0.2, 0) is 22.7 Å². The summed E-state index contributed by atoms with van der Waals surface area (Å²) in [6.07, 6.45) is 0.224. The van der Waals surface area contributed by atoms with Crippen LogP contribution in [0.1, 0.15) is 50.2 Å². The molecule has 0 bridgehead atoms. The Labute approximate surface area is 239 Å². The van der Waals surface area contributed by atoms with Crippen LogP contribution >= 0.6 is 0 Å². The van der Waals surface area contributed by atoms with Crippen LogP contribution < -0.4 is 15.5 Å². The number of hydrogen-bond acceptors (Lipinski definition) is 7. The molecule has 3 aliphatic heterocycles. The Bertz CT molecular complexity index is 1490. The monoisotopic (exact) mass is 551 g/mol. The number of carbonyl (C=O) groups is 4. The Morgan fingerprint density at radius 3 is 2.24 bits per heavy atom. The predicted octanol–water partition coefficient (Wildman–Crippen LogP) is 3.33. The fourth-order valence-electron chi connectivity index (χ4n) is 5.80.